The smallest absolute Gasteiger partial charge is 0.0386 e. The number of thiophene rings is 1. The second-order valence-electron chi connectivity index (χ2n) is 6.42. The summed E-state index contributed by atoms with van der Waals surface area (Å²) in [7, 11) is 0. The first kappa shape index (κ1) is 13.6. The number of hydrogen-bond acceptors (Lipinski definition) is 2. The van der Waals surface area contributed by atoms with Crippen molar-refractivity contribution in [1.82, 2.24) is 5.32 Å². The zero-order valence-electron chi connectivity index (χ0n) is 12.2. The second kappa shape index (κ2) is 6.41. The molecule has 1 fully saturated rings. The molecule has 1 N–H and O–H groups in total. The van der Waals surface area contributed by atoms with Gasteiger partial charge in [0.25, 0.3) is 0 Å². The number of hydrogen-bond donors (Lipinski definition) is 1. The number of aryl methyl sites for hydroxylation is 2. The van der Waals surface area contributed by atoms with E-state index in [-0.39, 0.29) is 0 Å². The van der Waals surface area contributed by atoms with Crippen LogP contribution in [0.15, 0.2) is 6.07 Å². The van der Waals surface area contributed by atoms with Gasteiger partial charge in [0.15, 0.2) is 0 Å². The van der Waals surface area contributed by atoms with Crippen LogP contribution < -0.4 is 5.32 Å². The Morgan fingerprint density at radius 1 is 1.21 bits per heavy atom. The van der Waals surface area contributed by atoms with Crippen molar-refractivity contribution in [2.45, 2.75) is 70.8 Å². The van der Waals surface area contributed by atoms with Crippen LogP contribution in [0.25, 0.3) is 0 Å². The molecule has 0 aromatic carbocycles. The van der Waals surface area contributed by atoms with Gasteiger partial charge >= 0.3 is 0 Å². The quantitative estimate of drug-likeness (QED) is 0.810. The number of nitrogens with one attached hydrogen (secondary N) is 1. The monoisotopic (exact) mass is 277 g/mol. The van der Waals surface area contributed by atoms with Crippen LogP contribution >= 0.6 is 11.3 Å². The van der Waals surface area contributed by atoms with E-state index in [0.29, 0.717) is 6.04 Å². The van der Waals surface area contributed by atoms with E-state index in [1.54, 1.807) is 15.3 Å². The molecule has 0 bridgehead atoms. The van der Waals surface area contributed by atoms with Crippen LogP contribution in [0.5, 0.6) is 0 Å². The van der Waals surface area contributed by atoms with Crippen molar-refractivity contribution >= 4 is 11.3 Å². The fraction of sp³-hybridized carbons (Fsp3) is 0.765. The van der Waals surface area contributed by atoms with Gasteiger partial charge in [-0.3, -0.25) is 0 Å². The van der Waals surface area contributed by atoms with E-state index < -0.39 is 0 Å². The van der Waals surface area contributed by atoms with Gasteiger partial charge in [-0.25, -0.2) is 0 Å². The third-order valence-corrected chi connectivity index (χ3v) is 6.34. The molecule has 3 rings (SSSR count). The van der Waals surface area contributed by atoms with Crippen LogP contribution in [0.1, 0.15) is 73.2 Å². The van der Waals surface area contributed by atoms with E-state index in [0.717, 1.165) is 5.92 Å². The van der Waals surface area contributed by atoms with E-state index in [9.17, 15) is 0 Å². The maximum Gasteiger partial charge on any atom is 0.0386 e. The summed E-state index contributed by atoms with van der Waals surface area (Å²) < 4.78 is 0. The molecule has 0 amide bonds. The highest BCUT2D eigenvalue weighted by atomic mass is 32.1. The molecule has 2 heteroatoms. The Morgan fingerprint density at radius 2 is 2.00 bits per heavy atom. The van der Waals surface area contributed by atoms with Gasteiger partial charge in [0.05, 0.1) is 0 Å². The molecule has 1 aromatic rings. The zero-order chi connectivity index (χ0) is 13.1. The predicted molar refractivity (Wildman–Crippen MR) is 84.0 cm³/mol. The van der Waals surface area contributed by atoms with E-state index >= 15 is 0 Å². The van der Waals surface area contributed by atoms with Crippen molar-refractivity contribution < 1.29 is 0 Å². The van der Waals surface area contributed by atoms with Gasteiger partial charge in [-0.1, -0.05) is 25.7 Å². The summed E-state index contributed by atoms with van der Waals surface area (Å²) in [5.41, 5.74) is 1.65. The van der Waals surface area contributed by atoms with Crippen molar-refractivity contribution in [3.63, 3.8) is 0 Å². The molecule has 2 aliphatic carbocycles. The molecule has 1 nitrogen and oxygen atoms in total. The molecular formula is C17H27NS. The Balaban J connectivity index is 1.49. The predicted octanol–water partition coefficient (Wildman–Crippen LogP) is 4.86. The van der Waals surface area contributed by atoms with E-state index in [1.165, 1.54) is 64.3 Å². The molecule has 0 saturated heterocycles. The van der Waals surface area contributed by atoms with Gasteiger partial charge in [0.1, 0.15) is 0 Å². The molecule has 1 atom stereocenters. The third kappa shape index (κ3) is 3.41. The maximum atomic E-state index is 3.75. The molecule has 0 aliphatic heterocycles. The fourth-order valence-corrected chi connectivity index (χ4v) is 4.91. The summed E-state index contributed by atoms with van der Waals surface area (Å²) in [6.45, 7) is 3.54. The van der Waals surface area contributed by atoms with Crippen LogP contribution in [0.2, 0.25) is 0 Å². The van der Waals surface area contributed by atoms with E-state index in [1.807, 2.05) is 0 Å². The minimum absolute atomic E-state index is 0.553. The molecule has 106 valence electrons. The lowest BCUT2D eigenvalue weighted by Crippen LogP contribution is -2.20. The molecule has 1 saturated carbocycles. The molecular weight excluding hydrogens is 250 g/mol. The molecule has 2 aliphatic rings. The van der Waals surface area contributed by atoms with Crippen molar-refractivity contribution in [1.29, 1.82) is 0 Å². The summed E-state index contributed by atoms with van der Waals surface area (Å²) in [6.07, 6.45) is 12.7. The Morgan fingerprint density at radius 3 is 2.79 bits per heavy atom. The van der Waals surface area contributed by atoms with Gasteiger partial charge < -0.3 is 5.32 Å². The number of fused-ring (bicyclic) bond motifs is 1. The summed E-state index contributed by atoms with van der Waals surface area (Å²) in [5.74, 6) is 1.01. The molecule has 1 aromatic heterocycles. The molecule has 0 radical (unpaired) electrons. The van der Waals surface area contributed by atoms with Gasteiger partial charge in [-0.2, -0.15) is 0 Å². The summed E-state index contributed by atoms with van der Waals surface area (Å²) in [5, 5.41) is 3.75. The lowest BCUT2D eigenvalue weighted by atomic mass is 9.99. The largest absolute Gasteiger partial charge is 0.309 e. The van der Waals surface area contributed by atoms with Gasteiger partial charge in [-0.05, 0) is 63.1 Å². The van der Waals surface area contributed by atoms with Crippen LogP contribution in [0.4, 0.5) is 0 Å². The van der Waals surface area contributed by atoms with Crippen LogP contribution in [-0.4, -0.2) is 6.54 Å². The van der Waals surface area contributed by atoms with Crippen molar-refractivity contribution in [3.8, 4) is 0 Å². The first-order chi connectivity index (χ1) is 9.33. The first-order valence-electron chi connectivity index (χ1n) is 8.18. The van der Waals surface area contributed by atoms with Crippen LogP contribution in [-0.2, 0) is 12.8 Å². The zero-order valence-corrected chi connectivity index (χ0v) is 13.0. The van der Waals surface area contributed by atoms with Gasteiger partial charge in [-0.15, -0.1) is 11.3 Å². The van der Waals surface area contributed by atoms with Crippen LogP contribution in [0, 0.1) is 5.92 Å². The maximum absolute atomic E-state index is 3.75. The Hall–Kier alpha value is -0.340. The summed E-state index contributed by atoms with van der Waals surface area (Å²) >= 11 is 2.06. The highest BCUT2D eigenvalue weighted by Gasteiger charge is 2.17. The topological polar surface area (TPSA) is 12.0 Å². The Labute approximate surface area is 121 Å². The molecule has 0 spiro atoms. The molecule has 19 heavy (non-hydrogen) atoms. The normalized spacial score (nSPS) is 21.5. The minimum atomic E-state index is 0.553. The second-order valence-corrected chi connectivity index (χ2v) is 7.59. The third-order valence-electron chi connectivity index (χ3n) is 4.92. The Bertz CT molecular complexity index is 380. The van der Waals surface area contributed by atoms with E-state index in [2.05, 4.69) is 29.6 Å². The standard InChI is InChI=1S/C17H27NS/c1-13(18-11-10-14-6-2-3-7-14)17-12-15-8-4-5-9-16(15)19-17/h12-14,18H,2-11H2,1H3. The summed E-state index contributed by atoms with van der Waals surface area (Å²) in [6, 6.07) is 3.03. The Kier molecular flexibility index (Phi) is 4.60. The molecule has 1 heterocycles. The SMILES string of the molecule is CC(NCCC1CCCC1)c1cc2c(s1)CCCC2. The lowest BCUT2D eigenvalue weighted by molar-refractivity contribution is 0.457. The summed E-state index contributed by atoms with van der Waals surface area (Å²) in [4.78, 5) is 3.24. The first-order valence-corrected chi connectivity index (χ1v) is 8.99. The van der Waals surface area contributed by atoms with Gasteiger partial charge in [0.2, 0.25) is 0 Å². The highest BCUT2D eigenvalue weighted by molar-refractivity contribution is 7.12. The number of rotatable bonds is 5. The highest BCUT2D eigenvalue weighted by Crippen LogP contribution is 2.33. The van der Waals surface area contributed by atoms with E-state index in [4.69, 9.17) is 0 Å². The average molecular weight is 277 g/mol. The van der Waals surface area contributed by atoms with Crippen LogP contribution in [0.3, 0.4) is 0 Å². The fourth-order valence-electron chi connectivity index (χ4n) is 3.63. The van der Waals surface area contributed by atoms with Crippen molar-refractivity contribution in [2.75, 3.05) is 6.54 Å². The lowest BCUT2D eigenvalue weighted by Gasteiger charge is -2.14. The van der Waals surface area contributed by atoms with Crippen molar-refractivity contribution in [2.24, 2.45) is 5.92 Å². The average Bonchev–Trinajstić information content (AvgIpc) is 3.07. The molecule has 1 unspecified atom stereocenters. The minimum Gasteiger partial charge on any atom is -0.309 e. The van der Waals surface area contributed by atoms with Crippen molar-refractivity contribution in [3.05, 3.63) is 21.4 Å². The van der Waals surface area contributed by atoms with Gasteiger partial charge in [0, 0.05) is 15.8 Å².